The molecule has 0 aliphatic heterocycles. The van der Waals surface area contributed by atoms with E-state index in [0.717, 1.165) is 18.5 Å². The summed E-state index contributed by atoms with van der Waals surface area (Å²) in [6.07, 6.45) is 3.40. The van der Waals surface area contributed by atoms with Crippen molar-refractivity contribution in [3.63, 3.8) is 0 Å². The van der Waals surface area contributed by atoms with Gasteiger partial charge in [-0.15, -0.1) is 0 Å². The van der Waals surface area contributed by atoms with Crippen LogP contribution in [0.5, 0.6) is 0 Å². The third-order valence-corrected chi connectivity index (χ3v) is 4.03. The Labute approximate surface area is 151 Å². The van der Waals surface area contributed by atoms with E-state index in [2.05, 4.69) is 12.0 Å². The first kappa shape index (κ1) is 17.7. The number of benzene rings is 1. The Morgan fingerprint density at radius 1 is 1.12 bits per heavy atom. The maximum absolute atomic E-state index is 12.9. The predicted octanol–water partition coefficient (Wildman–Crippen LogP) is 3.34. The smallest absolute Gasteiger partial charge is 0.267 e. The third kappa shape index (κ3) is 4.08. The number of rotatable bonds is 7. The molecule has 0 saturated heterocycles. The highest BCUT2D eigenvalue weighted by Crippen LogP contribution is 2.17. The molecule has 2 heterocycles. The van der Waals surface area contributed by atoms with Crippen molar-refractivity contribution in [1.29, 1.82) is 0 Å². The summed E-state index contributed by atoms with van der Waals surface area (Å²) in [7, 11) is 0. The topological polar surface area (TPSA) is 68.3 Å². The lowest BCUT2D eigenvalue weighted by molar-refractivity contribution is -0.119. The molecular formula is C20H21N3O3. The van der Waals surface area contributed by atoms with Gasteiger partial charge in [-0.3, -0.25) is 9.59 Å². The largest absolute Gasteiger partial charge is 0.463 e. The molecular weight excluding hydrogens is 330 g/mol. The number of amides is 1. The molecule has 0 saturated carbocycles. The molecule has 0 aliphatic rings. The van der Waals surface area contributed by atoms with Crippen molar-refractivity contribution in [1.82, 2.24) is 9.78 Å². The summed E-state index contributed by atoms with van der Waals surface area (Å²) in [6, 6.07) is 16.0. The first-order valence-electron chi connectivity index (χ1n) is 8.66. The fourth-order valence-electron chi connectivity index (χ4n) is 2.65. The Morgan fingerprint density at radius 3 is 2.62 bits per heavy atom. The van der Waals surface area contributed by atoms with Gasteiger partial charge in [0.25, 0.3) is 5.56 Å². The van der Waals surface area contributed by atoms with E-state index in [9.17, 15) is 9.59 Å². The SMILES string of the molecule is CCCCN(C(=O)Cn1nc(-c2ccco2)ccc1=O)c1ccccc1. The molecule has 2 aromatic heterocycles. The normalized spacial score (nSPS) is 10.7. The summed E-state index contributed by atoms with van der Waals surface area (Å²) >= 11 is 0. The van der Waals surface area contributed by atoms with E-state index in [1.807, 2.05) is 30.3 Å². The molecule has 0 aliphatic carbocycles. The Bertz CT molecular complexity index is 902. The van der Waals surface area contributed by atoms with E-state index >= 15 is 0 Å². The van der Waals surface area contributed by atoms with Gasteiger partial charge in [0, 0.05) is 18.3 Å². The lowest BCUT2D eigenvalue weighted by Crippen LogP contribution is -2.38. The number of anilines is 1. The van der Waals surface area contributed by atoms with E-state index < -0.39 is 0 Å². The van der Waals surface area contributed by atoms with Crippen molar-refractivity contribution in [2.75, 3.05) is 11.4 Å². The molecule has 3 rings (SSSR count). The Hall–Kier alpha value is -3.15. The van der Waals surface area contributed by atoms with Gasteiger partial charge in [-0.05, 0) is 36.8 Å². The second-order valence-electron chi connectivity index (χ2n) is 5.93. The minimum atomic E-state index is -0.322. The molecule has 6 nitrogen and oxygen atoms in total. The van der Waals surface area contributed by atoms with Gasteiger partial charge in [0.05, 0.1) is 6.26 Å². The van der Waals surface area contributed by atoms with Crippen LogP contribution in [-0.2, 0) is 11.3 Å². The average Bonchev–Trinajstić information content (AvgIpc) is 3.19. The number of hydrogen-bond acceptors (Lipinski definition) is 4. The number of hydrogen-bond donors (Lipinski definition) is 0. The minimum absolute atomic E-state index is 0.119. The maximum atomic E-state index is 12.9. The highest BCUT2D eigenvalue weighted by atomic mass is 16.3. The zero-order valence-corrected chi connectivity index (χ0v) is 14.7. The standard InChI is InChI=1S/C20H21N3O3/c1-2-3-13-22(16-8-5-4-6-9-16)20(25)15-23-19(24)12-11-17(21-23)18-10-7-14-26-18/h4-12,14H,2-3,13,15H2,1H3. The quantitative estimate of drug-likeness (QED) is 0.655. The van der Waals surface area contributed by atoms with Crippen LogP contribution in [0.1, 0.15) is 19.8 Å². The van der Waals surface area contributed by atoms with Crippen molar-refractivity contribution >= 4 is 11.6 Å². The van der Waals surface area contributed by atoms with Crippen molar-refractivity contribution in [3.05, 3.63) is 71.2 Å². The molecule has 0 fully saturated rings. The van der Waals surface area contributed by atoms with Crippen molar-refractivity contribution in [2.24, 2.45) is 0 Å². The summed E-state index contributed by atoms with van der Waals surface area (Å²) in [5.41, 5.74) is 1.01. The number of aromatic nitrogens is 2. The molecule has 0 bridgehead atoms. The van der Waals surface area contributed by atoms with E-state index in [-0.39, 0.29) is 18.0 Å². The maximum Gasteiger partial charge on any atom is 0.267 e. The molecule has 1 amide bonds. The molecule has 3 aromatic rings. The van der Waals surface area contributed by atoms with Crippen LogP contribution in [0, 0.1) is 0 Å². The number of nitrogens with zero attached hydrogens (tertiary/aromatic N) is 3. The Balaban J connectivity index is 1.85. The summed E-state index contributed by atoms with van der Waals surface area (Å²) in [5.74, 6) is 0.382. The lowest BCUT2D eigenvalue weighted by Gasteiger charge is -2.23. The molecule has 6 heteroatoms. The van der Waals surface area contributed by atoms with Gasteiger partial charge in [-0.1, -0.05) is 31.5 Å². The molecule has 1 aromatic carbocycles. The number of carbonyl (C=O) groups excluding carboxylic acids is 1. The number of unbranched alkanes of at least 4 members (excludes halogenated alkanes) is 1. The second kappa shape index (κ2) is 8.29. The van der Waals surface area contributed by atoms with Crippen molar-refractivity contribution in [2.45, 2.75) is 26.3 Å². The van der Waals surface area contributed by atoms with Crippen LogP contribution in [-0.4, -0.2) is 22.2 Å². The van der Waals surface area contributed by atoms with E-state index in [1.165, 1.54) is 10.7 Å². The summed E-state index contributed by atoms with van der Waals surface area (Å²) in [4.78, 5) is 26.7. The van der Waals surface area contributed by atoms with Crippen LogP contribution in [0.2, 0.25) is 0 Å². The van der Waals surface area contributed by atoms with Crippen LogP contribution in [0.4, 0.5) is 5.69 Å². The van der Waals surface area contributed by atoms with Crippen LogP contribution < -0.4 is 10.5 Å². The first-order valence-corrected chi connectivity index (χ1v) is 8.66. The fraction of sp³-hybridized carbons (Fsp3) is 0.250. The lowest BCUT2D eigenvalue weighted by atomic mass is 10.2. The molecule has 0 spiro atoms. The minimum Gasteiger partial charge on any atom is -0.463 e. The molecule has 134 valence electrons. The van der Waals surface area contributed by atoms with Crippen LogP contribution in [0.3, 0.4) is 0 Å². The number of carbonyl (C=O) groups is 1. The molecule has 0 unspecified atom stereocenters. The van der Waals surface area contributed by atoms with E-state index in [1.54, 1.807) is 29.4 Å². The van der Waals surface area contributed by atoms with Crippen LogP contribution in [0.15, 0.2) is 70.1 Å². The van der Waals surface area contributed by atoms with Crippen molar-refractivity contribution < 1.29 is 9.21 Å². The van der Waals surface area contributed by atoms with Gasteiger partial charge in [0.2, 0.25) is 5.91 Å². The third-order valence-electron chi connectivity index (χ3n) is 4.03. The number of para-hydroxylation sites is 1. The van der Waals surface area contributed by atoms with Crippen molar-refractivity contribution in [3.8, 4) is 11.5 Å². The molecule has 0 atom stereocenters. The average molecular weight is 351 g/mol. The molecule has 26 heavy (non-hydrogen) atoms. The van der Waals surface area contributed by atoms with Gasteiger partial charge < -0.3 is 9.32 Å². The summed E-state index contributed by atoms with van der Waals surface area (Å²) in [5, 5.41) is 4.27. The summed E-state index contributed by atoms with van der Waals surface area (Å²) in [6.45, 7) is 2.56. The number of furan rings is 1. The van der Waals surface area contributed by atoms with Gasteiger partial charge in [-0.2, -0.15) is 5.10 Å². The van der Waals surface area contributed by atoms with Crippen LogP contribution in [0.25, 0.3) is 11.5 Å². The zero-order valence-electron chi connectivity index (χ0n) is 14.7. The highest BCUT2D eigenvalue weighted by molar-refractivity contribution is 5.93. The first-order chi connectivity index (χ1) is 12.7. The predicted molar refractivity (Wildman–Crippen MR) is 99.9 cm³/mol. The Morgan fingerprint density at radius 2 is 1.92 bits per heavy atom. The monoisotopic (exact) mass is 351 g/mol. The van der Waals surface area contributed by atoms with Crippen LogP contribution >= 0.6 is 0 Å². The van der Waals surface area contributed by atoms with E-state index in [4.69, 9.17) is 4.42 Å². The second-order valence-corrected chi connectivity index (χ2v) is 5.93. The summed E-state index contributed by atoms with van der Waals surface area (Å²) < 4.78 is 6.50. The van der Waals surface area contributed by atoms with Gasteiger partial charge >= 0.3 is 0 Å². The molecule has 0 N–H and O–H groups in total. The zero-order chi connectivity index (χ0) is 18.4. The van der Waals surface area contributed by atoms with Gasteiger partial charge in [-0.25, -0.2) is 4.68 Å². The molecule has 0 radical (unpaired) electrons. The fourth-order valence-corrected chi connectivity index (χ4v) is 2.65. The highest BCUT2D eigenvalue weighted by Gasteiger charge is 2.17. The van der Waals surface area contributed by atoms with E-state index in [0.29, 0.717) is 18.0 Å². The Kier molecular flexibility index (Phi) is 5.63. The van der Waals surface area contributed by atoms with Gasteiger partial charge in [0.15, 0.2) is 5.76 Å². The van der Waals surface area contributed by atoms with Gasteiger partial charge in [0.1, 0.15) is 12.2 Å².